The van der Waals surface area contributed by atoms with Crippen LogP contribution in [0.5, 0.6) is 0 Å². The van der Waals surface area contributed by atoms with Gasteiger partial charge in [-0.1, -0.05) is 30.7 Å². The highest BCUT2D eigenvalue weighted by Gasteiger charge is 2.12. The van der Waals surface area contributed by atoms with Crippen LogP contribution in [0.25, 0.3) is 11.3 Å². The van der Waals surface area contributed by atoms with Crippen LogP contribution in [0.2, 0.25) is 5.02 Å². The molecule has 0 saturated carbocycles. The van der Waals surface area contributed by atoms with Crippen molar-refractivity contribution in [3.8, 4) is 11.3 Å². The van der Waals surface area contributed by atoms with Gasteiger partial charge >= 0.3 is 0 Å². The molecule has 2 nitrogen and oxygen atoms in total. The molecule has 0 radical (unpaired) electrons. The predicted molar refractivity (Wildman–Crippen MR) is 68.5 cm³/mol. The van der Waals surface area contributed by atoms with Crippen molar-refractivity contribution < 1.29 is 9.21 Å². The Labute approximate surface area is 105 Å². The molecule has 0 spiro atoms. The molecule has 3 heteroatoms. The van der Waals surface area contributed by atoms with E-state index in [0.717, 1.165) is 11.1 Å². The van der Waals surface area contributed by atoms with Gasteiger partial charge in [-0.25, -0.2) is 0 Å². The van der Waals surface area contributed by atoms with Crippen molar-refractivity contribution >= 4 is 17.4 Å². The van der Waals surface area contributed by atoms with Crippen LogP contribution >= 0.6 is 11.6 Å². The largest absolute Gasteiger partial charge is 0.453 e. The number of hydrogen-bond acceptors (Lipinski definition) is 2. The molecule has 1 aromatic heterocycles. The van der Waals surface area contributed by atoms with E-state index in [9.17, 15) is 4.79 Å². The zero-order valence-electron chi connectivity index (χ0n) is 9.79. The number of ketones is 1. The Morgan fingerprint density at radius 1 is 1.29 bits per heavy atom. The van der Waals surface area contributed by atoms with E-state index >= 15 is 0 Å². The van der Waals surface area contributed by atoms with Crippen LogP contribution in [0.4, 0.5) is 0 Å². The number of benzene rings is 1. The summed E-state index contributed by atoms with van der Waals surface area (Å²) in [5.74, 6) is 1.10. The number of halogens is 1. The third-order valence-corrected chi connectivity index (χ3v) is 3.14. The standard InChI is InChI=1S/C14H13ClO2/c1-3-12(16)14-8-7-13(17-14)10-5-4-6-11(15)9(10)2/h4-8H,3H2,1-2H3. The number of carbonyl (C=O) groups is 1. The quantitative estimate of drug-likeness (QED) is 0.749. The molecule has 0 aliphatic carbocycles. The van der Waals surface area contributed by atoms with Crippen molar-refractivity contribution in [1.29, 1.82) is 0 Å². The average molecular weight is 249 g/mol. The molecule has 0 saturated heterocycles. The molecule has 0 aliphatic heterocycles. The van der Waals surface area contributed by atoms with Crippen LogP contribution in [0, 0.1) is 6.92 Å². The zero-order chi connectivity index (χ0) is 12.4. The van der Waals surface area contributed by atoms with Gasteiger partial charge in [0.25, 0.3) is 0 Å². The third-order valence-electron chi connectivity index (χ3n) is 2.74. The molecular weight excluding hydrogens is 236 g/mol. The molecule has 0 N–H and O–H groups in total. The lowest BCUT2D eigenvalue weighted by Gasteiger charge is -2.03. The van der Waals surface area contributed by atoms with Gasteiger partial charge in [0.05, 0.1) is 0 Å². The van der Waals surface area contributed by atoms with Crippen molar-refractivity contribution in [3.63, 3.8) is 0 Å². The molecule has 0 fully saturated rings. The number of hydrogen-bond donors (Lipinski definition) is 0. The lowest BCUT2D eigenvalue weighted by Crippen LogP contribution is -1.92. The van der Waals surface area contributed by atoms with Gasteiger partial charge < -0.3 is 4.42 Å². The molecule has 17 heavy (non-hydrogen) atoms. The molecule has 1 heterocycles. The predicted octanol–water partition coefficient (Wildman–Crippen LogP) is 4.50. The van der Waals surface area contributed by atoms with E-state index in [1.165, 1.54) is 0 Å². The van der Waals surface area contributed by atoms with E-state index in [1.807, 2.05) is 38.1 Å². The highest BCUT2D eigenvalue weighted by atomic mass is 35.5. The fourth-order valence-electron chi connectivity index (χ4n) is 1.68. The Kier molecular flexibility index (Phi) is 3.34. The molecule has 0 amide bonds. The van der Waals surface area contributed by atoms with Crippen LogP contribution in [0.15, 0.2) is 34.7 Å². The molecule has 0 unspecified atom stereocenters. The normalized spacial score (nSPS) is 10.5. The molecule has 1 aromatic carbocycles. The minimum atomic E-state index is 0.0101. The molecule has 0 bridgehead atoms. The van der Waals surface area contributed by atoms with Crippen LogP contribution in [-0.4, -0.2) is 5.78 Å². The number of furan rings is 1. The summed E-state index contributed by atoms with van der Waals surface area (Å²) in [5.41, 5.74) is 1.88. The van der Waals surface area contributed by atoms with Gasteiger partial charge in [-0.05, 0) is 30.7 Å². The van der Waals surface area contributed by atoms with Crippen LogP contribution in [0.1, 0.15) is 29.5 Å². The Morgan fingerprint density at radius 3 is 2.76 bits per heavy atom. The maximum Gasteiger partial charge on any atom is 0.197 e. The van der Waals surface area contributed by atoms with Gasteiger partial charge in [0, 0.05) is 17.0 Å². The summed E-state index contributed by atoms with van der Waals surface area (Å²) < 4.78 is 5.55. The maximum absolute atomic E-state index is 11.5. The lowest BCUT2D eigenvalue weighted by atomic mass is 10.1. The number of rotatable bonds is 3. The van der Waals surface area contributed by atoms with Crippen LogP contribution < -0.4 is 0 Å². The monoisotopic (exact) mass is 248 g/mol. The Balaban J connectivity index is 2.44. The van der Waals surface area contributed by atoms with Crippen molar-refractivity contribution in [3.05, 3.63) is 46.7 Å². The molecule has 2 rings (SSSR count). The maximum atomic E-state index is 11.5. The summed E-state index contributed by atoms with van der Waals surface area (Å²) in [7, 11) is 0. The smallest absolute Gasteiger partial charge is 0.197 e. The fourth-order valence-corrected chi connectivity index (χ4v) is 1.86. The first-order valence-corrected chi connectivity index (χ1v) is 5.89. The summed E-state index contributed by atoms with van der Waals surface area (Å²) in [6, 6.07) is 9.15. The van der Waals surface area contributed by atoms with E-state index < -0.39 is 0 Å². The Bertz CT molecular complexity index is 555. The Morgan fingerprint density at radius 2 is 2.06 bits per heavy atom. The first kappa shape index (κ1) is 11.9. The minimum Gasteiger partial charge on any atom is -0.453 e. The molecule has 0 aliphatic rings. The van der Waals surface area contributed by atoms with Crippen molar-refractivity contribution in [2.75, 3.05) is 0 Å². The highest BCUT2D eigenvalue weighted by molar-refractivity contribution is 6.31. The van der Waals surface area contributed by atoms with Crippen molar-refractivity contribution in [1.82, 2.24) is 0 Å². The Hall–Kier alpha value is -1.54. The first-order valence-electron chi connectivity index (χ1n) is 5.52. The lowest BCUT2D eigenvalue weighted by molar-refractivity contribution is 0.0962. The van der Waals surface area contributed by atoms with E-state index in [1.54, 1.807) is 6.07 Å². The first-order chi connectivity index (χ1) is 8.13. The SMILES string of the molecule is CCC(=O)c1ccc(-c2cccc(Cl)c2C)o1. The van der Waals surface area contributed by atoms with Gasteiger partial charge in [0.15, 0.2) is 11.5 Å². The second-order valence-electron chi connectivity index (χ2n) is 3.85. The summed E-state index contributed by atoms with van der Waals surface area (Å²) >= 11 is 6.05. The number of carbonyl (C=O) groups excluding carboxylic acids is 1. The zero-order valence-corrected chi connectivity index (χ0v) is 10.5. The van der Waals surface area contributed by atoms with Gasteiger partial charge in [0.1, 0.15) is 5.76 Å². The minimum absolute atomic E-state index is 0.0101. The summed E-state index contributed by atoms with van der Waals surface area (Å²) in [4.78, 5) is 11.5. The second kappa shape index (κ2) is 4.76. The van der Waals surface area contributed by atoms with E-state index in [4.69, 9.17) is 16.0 Å². The molecular formula is C14H13ClO2. The number of Topliss-reactive ketones (excluding diaryl/α,β-unsaturated/α-hetero) is 1. The third kappa shape index (κ3) is 2.27. The van der Waals surface area contributed by atoms with Gasteiger partial charge in [0.2, 0.25) is 0 Å². The highest BCUT2D eigenvalue weighted by Crippen LogP contribution is 2.29. The molecule has 2 aromatic rings. The topological polar surface area (TPSA) is 30.2 Å². The van der Waals surface area contributed by atoms with E-state index in [0.29, 0.717) is 23.0 Å². The summed E-state index contributed by atoms with van der Waals surface area (Å²) in [6.45, 7) is 3.75. The van der Waals surface area contributed by atoms with Crippen LogP contribution in [0.3, 0.4) is 0 Å². The summed E-state index contributed by atoms with van der Waals surface area (Å²) in [5, 5.41) is 0.697. The van der Waals surface area contributed by atoms with Gasteiger partial charge in [-0.3, -0.25) is 4.79 Å². The van der Waals surface area contributed by atoms with Crippen LogP contribution in [-0.2, 0) is 0 Å². The summed E-state index contributed by atoms with van der Waals surface area (Å²) in [6.07, 6.45) is 0.446. The van der Waals surface area contributed by atoms with E-state index in [-0.39, 0.29) is 5.78 Å². The van der Waals surface area contributed by atoms with Gasteiger partial charge in [-0.15, -0.1) is 0 Å². The van der Waals surface area contributed by atoms with Crippen molar-refractivity contribution in [2.45, 2.75) is 20.3 Å². The second-order valence-corrected chi connectivity index (χ2v) is 4.26. The van der Waals surface area contributed by atoms with E-state index in [2.05, 4.69) is 0 Å². The molecule has 0 atom stereocenters. The fraction of sp³-hybridized carbons (Fsp3) is 0.214. The molecule has 88 valence electrons. The van der Waals surface area contributed by atoms with Gasteiger partial charge in [-0.2, -0.15) is 0 Å². The average Bonchev–Trinajstić information content (AvgIpc) is 2.81. The van der Waals surface area contributed by atoms with Crippen molar-refractivity contribution in [2.24, 2.45) is 0 Å².